The predicted molar refractivity (Wildman–Crippen MR) is 91.0 cm³/mol. The molecule has 0 unspecified atom stereocenters. The summed E-state index contributed by atoms with van der Waals surface area (Å²) in [6.07, 6.45) is 4.41. The molecule has 0 amide bonds. The molecule has 2 heterocycles. The zero-order valence-corrected chi connectivity index (χ0v) is 14.6. The van der Waals surface area contributed by atoms with Crippen LogP contribution in [0.3, 0.4) is 0 Å². The number of hydrogen-bond donors (Lipinski definition) is 3. The van der Waals surface area contributed by atoms with E-state index in [2.05, 4.69) is 0 Å². The van der Waals surface area contributed by atoms with Gasteiger partial charge in [-0.25, -0.2) is 4.79 Å². The Kier molecular flexibility index (Phi) is 5.22. The van der Waals surface area contributed by atoms with Gasteiger partial charge in [0, 0.05) is 18.9 Å². The number of cyclic esters (lactones) is 1. The molecule has 2 aliphatic heterocycles. The number of halogens is 1. The Balaban J connectivity index is 1.95. The highest BCUT2D eigenvalue weighted by Crippen LogP contribution is 2.38. The minimum Gasteiger partial charge on any atom is -0.507 e. The van der Waals surface area contributed by atoms with Gasteiger partial charge >= 0.3 is 5.97 Å². The van der Waals surface area contributed by atoms with Crippen molar-refractivity contribution in [2.45, 2.75) is 57.0 Å². The lowest BCUT2D eigenvalue weighted by atomic mass is 9.98. The lowest BCUT2D eigenvalue weighted by Gasteiger charge is -2.18. The van der Waals surface area contributed by atoms with Gasteiger partial charge in [0.05, 0.1) is 23.3 Å². The van der Waals surface area contributed by atoms with E-state index in [9.17, 15) is 20.1 Å². The van der Waals surface area contributed by atoms with E-state index in [-0.39, 0.29) is 40.5 Å². The van der Waals surface area contributed by atoms with Crippen LogP contribution in [0.2, 0.25) is 5.02 Å². The summed E-state index contributed by atoms with van der Waals surface area (Å²) >= 11 is 6.11. The Hall–Kier alpha value is -1.76. The Labute approximate surface area is 150 Å². The van der Waals surface area contributed by atoms with Crippen LogP contribution in [0.1, 0.15) is 42.1 Å². The zero-order valence-electron chi connectivity index (χ0n) is 13.8. The van der Waals surface area contributed by atoms with E-state index in [0.717, 1.165) is 12.5 Å². The summed E-state index contributed by atoms with van der Waals surface area (Å²) in [6, 6.07) is 1.00. The molecular weight excluding hydrogens is 348 g/mol. The first-order valence-corrected chi connectivity index (χ1v) is 8.67. The van der Waals surface area contributed by atoms with Gasteiger partial charge in [0.1, 0.15) is 23.2 Å². The lowest BCUT2D eigenvalue weighted by Crippen LogP contribution is -2.20. The maximum absolute atomic E-state index is 12.5. The summed E-state index contributed by atoms with van der Waals surface area (Å²) in [5, 5.41) is 30.1. The average molecular weight is 369 g/mol. The topological polar surface area (TPSA) is 99.5 Å². The second-order valence-electron chi connectivity index (χ2n) is 6.55. The third-order valence-corrected chi connectivity index (χ3v) is 4.89. The van der Waals surface area contributed by atoms with Crippen LogP contribution >= 0.6 is 11.6 Å². The molecule has 0 spiro atoms. The first-order chi connectivity index (χ1) is 11.9. The van der Waals surface area contributed by atoms with Crippen LogP contribution in [0.4, 0.5) is 0 Å². The predicted octanol–water partition coefficient (Wildman–Crippen LogP) is 2.71. The highest BCUT2D eigenvalue weighted by atomic mass is 35.5. The number of carbonyl (C=O) groups excluding carboxylic acids is 1. The highest BCUT2D eigenvalue weighted by molar-refractivity contribution is 6.33. The Morgan fingerprint density at radius 1 is 1.16 bits per heavy atom. The monoisotopic (exact) mass is 368 g/mol. The normalized spacial score (nSPS) is 31.2. The van der Waals surface area contributed by atoms with Crippen LogP contribution < -0.4 is 0 Å². The van der Waals surface area contributed by atoms with E-state index in [1.54, 1.807) is 6.92 Å². The molecule has 0 aromatic heterocycles. The first-order valence-electron chi connectivity index (χ1n) is 8.29. The number of aliphatic hydroxyl groups excluding tert-OH is 1. The van der Waals surface area contributed by atoms with Gasteiger partial charge in [0.25, 0.3) is 0 Å². The van der Waals surface area contributed by atoms with Crippen LogP contribution in [-0.2, 0) is 15.9 Å². The molecule has 136 valence electrons. The molecule has 1 fully saturated rings. The Morgan fingerprint density at radius 3 is 2.64 bits per heavy atom. The molecule has 3 N–H and O–H groups in total. The fourth-order valence-electron chi connectivity index (χ4n) is 3.12. The fraction of sp³-hybridized carbons (Fsp3) is 0.500. The van der Waals surface area contributed by atoms with Crippen molar-refractivity contribution >= 4 is 17.6 Å². The number of esters is 1. The van der Waals surface area contributed by atoms with Gasteiger partial charge in [-0.15, -0.1) is 0 Å². The van der Waals surface area contributed by atoms with Crippen molar-refractivity contribution in [1.29, 1.82) is 0 Å². The standard InChI is InChI=1S/C18H21ClO6/c1-9-6-15-14(25-15)5-3-2-4-10(20)7-11-16(18(23)24-9)12(21)8-13(22)17(11)19/h2-3,8-10,14-15,20-22H,4-7H2,1H3/b3-2+/t9-,10+,14+,15-/m1/s1. The molecule has 1 saturated heterocycles. The number of ether oxygens (including phenoxy) is 2. The first kappa shape index (κ1) is 18.0. The number of fused-ring (bicyclic) bond motifs is 2. The second kappa shape index (κ2) is 7.23. The summed E-state index contributed by atoms with van der Waals surface area (Å²) in [4.78, 5) is 12.5. The molecule has 1 aromatic rings. The number of rotatable bonds is 0. The molecular formula is C18H21ClO6. The number of aromatic hydroxyl groups is 2. The summed E-state index contributed by atoms with van der Waals surface area (Å²) in [6.45, 7) is 1.76. The van der Waals surface area contributed by atoms with Gasteiger partial charge in [-0.3, -0.25) is 0 Å². The van der Waals surface area contributed by atoms with Gasteiger partial charge in [0.2, 0.25) is 0 Å². The van der Waals surface area contributed by atoms with Crippen molar-refractivity contribution in [2.24, 2.45) is 0 Å². The van der Waals surface area contributed by atoms with Gasteiger partial charge in [-0.05, 0) is 25.3 Å². The minimum absolute atomic E-state index is 0.00645. The molecule has 4 atom stereocenters. The molecule has 3 rings (SSSR count). The third-order valence-electron chi connectivity index (χ3n) is 4.47. The van der Waals surface area contributed by atoms with Crippen LogP contribution in [-0.4, -0.2) is 45.7 Å². The third kappa shape index (κ3) is 4.08. The molecule has 0 aliphatic carbocycles. The van der Waals surface area contributed by atoms with Crippen LogP contribution in [0, 0.1) is 0 Å². The van der Waals surface area contributed by atoms with Crippen molar-refractivity contribution in [2.75, 3.05) is 0 Å². The van der Waals surface area contributed by atoms with Crippen molar-refractivity contribution in [1.82, 2.24) is 0 Å². The number of benzene rings is 1. The zero-order chi connectivity index (χ0) is 18.1. The van der Waals surface area contributed by atoms with Crippen molar-refractivity contribution in [3.05, 3.63) is 34.4 Å². The van der Waals surface area contributed by atoms with Crippen LogP contribution in [0.5, 0.6) is 11.5 Å². The minimum atomic E-state index is -0.821. The Bertz CT molecular complexity index is 701. The smallest absolute Gasteiger partial charge is 0.342 e. The molecule has 2 aliphatic rings. The summed E-state index contributed by atoms with van der Waals surface area (Å²) < 4.78 is 11.0. The average Bonchev–Trinajstić information content (AvgIpc) is 3.25. The van der Waals surface area contributed by atoms with Gasteiger partial charge in [-0.2, -0.15) is 0 Å². The van der Waals surface area contributed by atoms with Gasteiger partial charge in [0.15, 0.2) is 0 Å². The van der Waals surface area contributed by atoms with Crippen molar-refractivity contribution in [3.8, 4) is 11.5 Å². The largest absolute Gasteiger partial charge is 0.507 e. The number of carbonyl (C=O) groups is 1. The van der Waals surface area contributed by atoms with E-state index in [1.807, 2.05) is 12.2 Å². The van der Waals surface area contributed by atoms with Crippen LogP contribution in [0.25, 0.3) is 0 Å². The van der Waals surface area contributed by atoms with E-state index in [0.29, 0.717) is 12.8 Å². The van der Waals surface area contributed by atoms with Crippen molar-refractivity contribution in [3.63, 3.8) is 0 Å². The summed E-state index contributed by atoms with van der Waals surface area (Å²) in [7, 11) is 0. The maximum atomic E-state index is 12.5. The summed E-state index contributed by atoms with van der Waals surface area (Å²) in [5.41, 5.74) is 0.0536. The molecule has 6 nitrogen and oxygen atoms in total. The molecule has 1 aromatic carbocycles. The Morgan fingerprint density at radius 2 is 1.88 bits per heavy atom. The number of aliphatic hydroxyl groups is 1. The van der Waals surface area contributed by atoms with Crippen molar-refractivity contribution < 1.29 is 29.6 Å². The molecule has 0 saturated carbocycles. The highest BCUT2D eigenvalue weighted by Gasteiger charge is 2.39. The molecule has 25 heavy (non-hydrogen) atoms. The number of hydrogen-bond acceptors (Lipinski definition) is 6. The van der Waals surface area contributed by atoms with E-state index < -0.39 is 23.9 Å². The molecule has 0 bridgehead atoms. The number of phenolic OH excluding ortho intramolecular Hbond substituents is 2. The van der Waals surface area contributed by atoms with Crippen LogP contribution in [0.15, 0.2) is 18.2 Å². The second-order valence-corrected chi connectivity index (χ2v) is 6.93. The van der Waals surface area contributed by atoms with E-state index >= 15 is 0 Å². The molecule has 0 radical (unpaired) electrons. The van der Waals surface area contributed by atoms with Gasteiger partial charge < -0.3 is 24.8 Å². The fourth-order valence-corrected chi connectivity index (χ4v) is 3.34. The number of epoxide rings is 1. The van der Waals surface area contributed by atoms with Gasteiger partial charge in [-0.1, -0.05) is 23.8 Å². The maximum Gasteiger partial charge on any atom is 0.342 e. The molecule has 7 heteroatoms. The lowest BCUT2D eigenvalue weighted by molar-refractivity contribution is 0.0305. The van der Waals surface area contributed by atoms with E-state index in [1.165, 1.54) is 0 Å². The van der Waals surface area contributed by atoms with E-state index in [4.69, 9.17) is 21.1 Å². The quantitative estimate of drug-likeness (QED) is 0.370. The summed E-state index contributed by atoms with van der Waals surface area (Å²) in [5.74, 6) is -1.51. The number of phenols is 2. The SMILES string of the molecule is C[C@@H]1C[C@H]2O[C@H]2C/C=C/C[C@H](O)Cc2c(Cl)c(O)cc(O)c2C(=O)O1.